The van der Waals surface area contributed by atoms with Gasteiger partial charge in [0.25, 0.3) is 0 Å². The minimum Gasteiger partial charge on any atom is -0.453 e. The van der Waals surface area contributed by atoms with Crippen LogP contribution >= 0.6 is 0 Å². The summed E-state index contributed by atoms with van der Waals surface area (Å²) in [7, 11) is 1.36. The van der Waals surface area contributed by atoms with E-state index in [4.69, 9.17) is 5.11 Å². The van der Waals surface area contributed by atoms with E-state index in [1.54, 1.807) is 0 Å². The molecule has 0 aliphatic heterocycles. The number of hydrogen-bond donors (Lipinski definition) is 2. The molecule has 0 bridgehead atoms. The van der Waals surface area contributed by atoms with Crippen LogP contribution in [0, 0.1) is 11.8 Å². The van der Waals surface area contributed by atoms with Crippen molar-refractivity contribution in [3.05, 3.63) is 0 Å². The molecule has 4 heteroatoms. The quantitative estimate of drug-likeness (QED) is 0.685. The van der Waals surface area contributed by atoms with Crippen molar-refractivity contribution in [3.8, 4) is 0 Å². The molecule has 0 aromatic heterocycles. The zero-order valence-corrected chi connectivity index (χ0v) is 7.95. The molecule has 1 rings (SSSR count). The second-order valence-electron chi connectivity index (χ2n) is 3.60. The lowest BCUT2D eigenvalue weighted by atomic mass is 10.1. The molecule has 0 spiro atoms. The number of carbonyl (C=O) groups excluding carboxylic acids is 1. The topological polar surface area (TPSA) is 58.6 Å². The van der Waals surface area contributed by atoms with Gasteiger partial charge in [-0.2, -0.15) is 0 Å². The maximum Gasteiger partial charge on any atom is 0.406 e. The van der Waals surface area contributed by atoms with E-state index in [9.17, 15) is 4.79 Å². The number of aliphatic hydroxyl groups excluding tert-OH is 1. The summed E-state index contributed by atoms with van der Waals surface area (Å²) in [6, 6.07) is 0. The molecular weight excluding hydrogens is 170 g/mol. The molecule has 0 radical (unpaired) electrons. The van der Waals surface area contributed by atoms with Crippen LogP contribution in [0.15, 0.2) is 0 Å². The number of methoxy groups -OCH3 is 1. The fraction of sp³-hybridized carbons (Fsp3) is 0.889. The molecule has 0 aromatic rings. The standard InChI is InChI=1S/C9H17NO3/c1-13-9(12)10-5-7-2-3-8(4-7)6-11/h7-8,11H,2-6H2,1H3,(H,10,12). The zero-order chi connectivity index (χ0) is 9.68. The number of ether oxygens (including phenoxy) is 1. The van der Waals surface area contributed by atoms with E-state index in [1.165, 1.54) is 7.11 Å². The van der Waals surface area contributed by atoms with Gasteiger partial charge in [0.2, 0.25) is 0 Å². The first-order valence-corrected chi connectivity index (χ1v) is 4.69. The summed E-state index contributed by atoms with van der Waals surface area (Å²) in [5.41, 5.74) is 0. The fourth-order valence-corrected chi connectivity index (χ4v) is 1.83. The number of alkyl carbamates (subject to hydrolysis) is 1. The number of amides is 1. The van der Waals surface area contributed by atoms with Gasteiger partial charge in [-0.25, -0.2) is 4.79 Å². The first-order chi connectivity index (χ1) is 6.26. The number of rotatable bonds is 3. The number of nitrogens with one attached hydrogen (secondary N) is 1. The predicted octanol–water partition coefficient (Wildman–Crippen LogP) is 0.751. The lowest BCUT2D eigenvalue weighted by Gasteiger charge is -2.10. The van der Waals surface area contributed by atoms with Gasteiger partial charge >= 0.3 is 6.09 Å². The van der Waals surface area contributed by atoms with Crippen LogP contribution < -0.4 is 5.32 Å². The van der Waals surface area contributed by atoms with E-state index in [1.807, 2.05) is 0 Å². The first kappa shape index (κ1) is 10.3. The van der Waals surface area contributed by atoms with Crippen molar-refractivity contribution in [3.63, 3.8) is 0 Å². The molecule has 1 fully saturated rings. The Balaban J connectivity index is 2.13. The van der Waals surface area contributed by atoms with Gasteiger partial charge < -0.3 is 15.2 Å². The third kappa shape index (κ3) is 3.22. The molecule has 1 aliphatic carbocycles. The third-order valence-corrected chi connectivity index (χ3v) is 2.63. The molecular formula is C9H17NO3. The Bertz CT molecular complexity index is 172. The largest absolute Gasteiger partial charge is 0.453 e. The molecule has 76 valence electrons. The number of hydrogen-bond acceptors (Lipinski definition) is 3. The van der Waals surface area contributed by atoms with Gasteiger partial charge in [-0.3, -0.25) is 0 Å². The van der Waals surface area contributed by atoms with Crippen LogP contribution in [0.5, 0.6) is 0 Å². The van der Waals surface area contributed by atoms with E-state index in [-0.39, 0.29) is 12.7 Å². The predicted molar refractivity (Wildman–Crippen MR) is 48.3 cm³/mol. The third-order valence-electron chi connectivity index (χ3n) is 2.63. The van der Waals surface area contributed by atoms with Crippen LogP contribution in [0.3, 0.4) is 0 Å². The lowest BCUT2D eigenvalue weighted by molar-refractivity contribution is 0.168. The van der Waals surface area contributed by atoms with Crippen molar-refractivity contribution >= 4 is 6.09 Å². The molecule has 2 unspecified atom stereocenters. The van der Waals surface area contributed by atoms with E-state index < -0.39 is 0 Å². The summed E-state index contributed by atoms with van der Waals surface area (Å²) in [6.07, 6.45) is 2.81. The molecule has 13 heavy (non-hydrogen) atoms. The minimum atomic E-state index is -0.368. The van der Waals surface area contributed by atoms with E-state index in [0.29, 0.717) is 18.4 Å². The van der Waals surface area contributed by atoms with Gasteiger partial charge in [0, 0.05) is 13.2 Å². The van der Waals surface area contributed by atoms with Gasteiger partial charge in [0.05, 0.1) is 7.11 Å². The van der Waals surface area contributed by atoms with Crippen LogP contribution in [0.2, 0.25) is 0 Å². The molecule has 0 saturated heterocycles. The highest BCUT2D eigenvalue weighted by atomic mass is 16.5. The smallest absolute Gasteiger partial charge is 0.406 e. The van der Waals surface area contributed by atoms with Gasteiger partial charge in [-0.15, -0.1) is 0 Å². The van der Waals surface area contributed by atoms with E-state index in [0.717, 1.165) is 19.3 Å². The van der Waals surface area contributed by atoms with Crippen molar-refractivity contribution in [2.45, 2.75) is 19.3 Å². The number of aliphatic hydroxyl groups is 1. The summed E-state index contributed by atoms with van der Waals surface area (Å²) in [4.78, 5) is 10.7. The van der Waals surface area contributed by atoms with Gasteiger partial charge in [0.1, 0.15) is 0 Å². The summed E-state index contributed by atoms with van der Waals surface area (Å²) >= 11 is 0. The van der Waals surface area contributed by atoms with Crippen molar-refractivity contribution < 1.29 is 14.6 Å². The summed E-state index contributed by atoms with van der Waals surface area (Å²) in [5.74, 6) is 0.945. The Morgan fingerprint density at radius 3 is 2.77 bits per heavy atom. The molecule has 0 aromatic carbocycles. The first-order valence-electron chi connectivity index (χ1n) is 4.69. The summed E-state index contributed by atoms with van der Waals surface area (Å²) in [6.45, 7) is 0.942. The normalized spacial score (nSPS) is 27.2. The Hall–Kier alpha value is -0.770. The maximum atomic E-state index is 10.7. The Kier molecular flexibility index (Phi) is 4.02. The highest BCUT2D eigenvalue weighted by Crippen LogP contribution is 2.29. The Morgan fingerprint density at radius 2 is 2.23 bits per heavy atom. The highest BCUT2D eigenvalue weighted by Gasteiger charge is 2.24. The van der Waals surface area contributed by atoms with Crippen molar-refractivity contribution in [1.82, 2.24) is 5.32 Å². The molecule has 1 aliphatic rings. The molecule has 4 nitrogen and oxygen atoms in total. The zero-order valence-electron chi connectivity index (χ0n) is 7.95. The van der Waals surface area contributed by atoms with E-state index in [2.05, 4.69) is 10.1 Å². The van der Waals surface area contributed by atoms with Crippen molar-refractivity contribution in [1.29, 1.82) is 0 Å². The summed E-state index contributed by atoms with van der Waals surface area (Å²) < 4.78 is 4.46. The van der Waals surface area contributed by atoms with Gasteiger partial charge in [-0.1, -0.05) is 0 Å². The summed E-state index contributed by atoms with van der Waals surface area (Å²) in [5, 5.41) is 11.6. The SMILES string of the molecule is COC(=O)NCC1CCC(CO)C1. The molecule has 2 atom stereocenters. The fourth-order valence-electron chi connectivity index (χ4n) is 1.83. The van der Waals surface area contributed by atoms with Gasteiger partial charge in [0.15, 0.2) is 0 Å². The molecule has 0 heterocycles. The van der Waals surface area contributed by atoms with Crippen LogP contribution in [-0.2, 0) is 4.74 Å². The highest BCUT2D eigenvalue weighted by molar-refractivity contribution is 5.66. The Morgan fingerprint density at radius 1 is 1.54 bits per heavy atom. The van der Waals surface area contributed by atoms with Crippen LogP contribution in [0.1, 0.15) is 19.3 Å². The van der Waals surface area contributed by atoms with Crippen LogP contribution in [-0.4, -0.2) is 31.5 Å². The van der Waals surface area contributed by atoms with Crippen molar-refractivity contribution in [2.75, 3.05) is 20.3 Å². The molecule has 2 N–H and O–H groups in total. The monoisotopic (exact) mass is 187 g/mol. The lowest BCUT2D eigenvalue weighted by Crippen LogP contribution is -2.28. The van der Waals surface area contributed by atoms with Crippen molar-refractivity contribution in [2.24, 2.45) is 11.8 Å². The second-order valence-corrected chi connectivity index (χ2v) is 3.60. The molecule has 1 amide bonds. The minimum absolute atomic E-state index is 0.273. The number of carbonyl (C=O) groups is 1. The average Bonchev–Trinajstić information content (AvgIpc) is 2.61. The average molecular weight is 187 g/mol. The maximum absolute atomic E-state index is 10.7. The van der Waals surface area contributed by atoms with E-state index >= 15 is 0 Å². The molecule has 1 saturated carbocycles. The van der Waals surface area contributed by atoms with Crippen LogP contribution in [0.25, 0.3) is 0 Å². The van der Waals surface area contributed by atoms with Gasteiger partial charge in [-0.05, 0) is 31.1 Å². The Labute approximate surface area is 78.3 Å². The van der Waals surface area contributed by atoms with Crippen LogP contribution in [0.4, 0.5) is 4.79 Å². The second kappa shape index (κ2) is 5.07.